The van der Waals surface area contributed by atoms with E-state index in [1.54, 1.807) is 0 Å². The van der Waals surface area contributed by atoms with E-state index in [4.69, 9.17) is 5.73 Å². The summed E-state index contributed by atoms with van der Waals surface area (Å²) in [6.45, 7) is 2.07. The van der Waals surface area contributed by atoms with Gasteiger partial charge >= 0.3 is 0 Å². The largest absolute Gasteiger partial charge is 0.369 e. The first kappa shape index (κ1) is 7.84. The van der Waals surface area contributed by atoms with E-state index in [2.05, 4.69) is 19.1 Å². The number of primary amides is 1. The summed E-state index contributed by atoms with van der Waals surface area (Å²) in [5, 5.41) is 0. The first-order valence-electron chi connectivity index (χ1n) is 4.67. The van der Waals surface area contributed by atoms with E-state index in [0.717, 1.165) is 19.3 Å². The third-order valence-electron chi connectivity index (χ3n) is 3.63. The maximum absolute atomic E-state index is 11.3. The van der Waals surface area contributed by atoms with Crippen molar-refractivity contribution in [3.05, 3.63) is 12.2 Å². The predicted molar refractivity (Wildman–Crippen MR) is 47.3 cm³/mol. The van der Waals surface area contributed by atoms with E-state index < -0.39 is 0 Å². The van der Waals surface area contributed by atoms with Crippen LogP contribution < -0.4 is 5.73 Å². The van der Waals surface area contributed by atoms with Gasteiger partial charge in [-0.25, -0.2) is 0 Å². The summed E-state index contributed by atoms with van der Waals surface area (Å²) in [7, 11) is 0. The molecule has 2 heteroatoms. The second kappa shape index (κ2) is 2.35. The molecule has 2 nitrogen and oxygen atoms in total. The minimum atomic E-state index is -0.195. The maximum Gasteiger partial charge on any atom is 0.224 e. The summed E-state index contributed by atoms with van der Waals surface area (Å²) in [5.74, 6) is 0.967. The highest BCUT2D eigenvalue weighted by Crippen LogP contribution is 2.53. The number of fused-ring (bicyclic) bond motifs is 2. The molecular formula is C10H15NO. The van der Waals surface area contributed by atoms with Gasteiger partial charge < -0.3 is 5.73 Å². The lowest BCUT2D eigenvalue weighted by Crippen LogP contribution is -2.39. The molecule has 3 atom stereocenters. The topological polar surface area (TPSA) is 43.1 Å². The summed E-state index contributed by atoms with van der Waals surface area (Å²) in [5.41, 5.74) is 5.26. The van der Waals surface area contributed by atoms with Crippen molar-refractivity contribution in [2.24, 2.45) is 23.0 Å². The molecule has 0 heterocycles. The molecule has 2 aliphatic rings. The SMILES string of the molecule is CC[C@@]1(C(N)=O)C[C@@H]2C=C[C@H]1C2. The molecule has 1 amide bonds. The van der Waals surface area contributed by atoms with Gasteiger partial charge in [0.2, 0.25) is 5.91 Å². The van der Waals surface area contributed by atoms with E-state index in [0.29, 0.717) is 11.8 Å². The minimum Gasteiger partial charge on any atom is -0.369 e. The third kappa shape index (κ3) is 0.780. The first-order valence-corrected chi connectivity index (χ1v) is 4.67. The zero-order chi connectivity index (χ0) is 8.77. The van der Waals surface area contributed by atoms with Gasteiger partial charge in [-0.3, -0.25) is 4.79 Å². The van der Waals surface area contributed by atoms with Crippen molar-refractivity contribution >= 4 is 5.91 Å². The normalized spacial score (nSPS) is 43.8. The van der Waals surface area contributed by atoms with Crippen molar-refractivity contribution in [3.63, 3.8) is 0 Å². The Morgan fingerprint density at radius 1 is 1.67 bits per heavy atom. The van der Waals surface area contributed by atoms with Crippen LogP contribution >= 0.6 is 0 Å². The summed E-state index contributed by atoms with van der Waals surface area (Å²) in [4.78, 5) is 11.3. The van der Waals surface area contributed by atoms with Gasteiger partial charge in [0, 0.05) is 0 Å². The monoisotopic (exact) mass is 165 g/mol. The van der Waals surface area contributed by atoms with E-state index in [-0.39, 0.29) is 11.3 Å². The molecule has 0 saturated heterocycles. The molecule has 12 heavy (non-hydrogen) atoms. The minimum absolute atomic E-state index is 0.0955. The number of hydrogen-bond acceptors (Lipinski definition) is 1. The van der Waals surface area contributed by atoms with Gasteiger partial charge in [-0.15, -0.1) is 0 Å². The standard InChI is InChI=1S/C10H15NO/c1-2-10(9(11)12)6-7-3-4-8(10)5-7/h3-4,7-8H,2,5-6H2,1H3,(H2,11,12)/t7-,8+,10-/m1/s1. The van der Waals surface area contributed by atoms with Crippen LogP contribution in [0.15, 0.2) is 12.2 Å². The zero-order valence-corrected chi connectivity index (χ0v) is 7.42. The van der Waals surface area contributed by atoms with Crippen LogP contribution in [0.2, 0.25) is 0 Å². The summed E-state index contributed by atoms with van der Waals surface area (Å²) in [6, 6.07) is 0. The Kier molecular flexibility index (Phi) is 1.53. The number of hydrogen-bond donors (Lipinski definition) is 1. The highest BCUT2D eigenvalue weighted by Gasteiger charge is 2.50. The Hall–Kier alpha value is -0.790. The molecule has 0 aromatic heterocycles. The van der Waals surface area contributed by atoms with Crippen molar-refractivity contribution < 1.29 is 4.79 Å². The van der Waals surface area contributed by atoms with Crippen molar-refractivity contribution in [1.29, 1.82) is 0 Å². The fourth-order valence-corrected chi connectivity index (χ4v) is 2.82. The fourth-order valence-electron chi connectivity index (χ4n) is 2.82. The van der Waals surface area contributed by atoms with Crippen LogP contribution in [0.3, 0.4) is 0 Å². The molecule has 1 saturated carbocycles. The van der Waals surface area contributed by atoms with Gasteiger partial charge in [0.25, 0.3) is 0 Å². The van der Waals surface area contributed by atoms with Gasteiger partial charge in [0.05, 0.1) is 5.41 Å². The van der Waals surface area contributed by atoms with Crippen LogP contribution in [-0.4, -0.2) is 5.91 Å². The smallest absolute Gasteiger partial charge is 0.224 e. The molecule has 0 unspecified atom stereocenters. The van der Waals surface area contributed by atoms with E-state index >= 15 is 0 Å². The van der Waals surface area contributed by atoms with Gasteiger partial charge in [-0.1, -0.05) is 19.1 Å². The second-order valence-electron chi connectivity index (χ2n) is 4.07. The van der Waals surface area contributed by atoms with Gasteiger partial charge in [-0.2, -0.15) is 0 Å². The average molecular weight is 165 g/mol. The molecule has 2 bridgehead atoms. The van der Waals surface area contributed by atoms with Crippen LogP contribution in [0.5, 0.6) is 0 Å². The molecule has 2 N–H and O–H groups in total. The molecule has 0 aromatic rings. The van der Waals surface area contributed by atoms with Crippen LogP contribution in [-0.2, 0) is 4.79 Å². The Bertz CT molecular complexity index is 246. The summed E-state index contributed by atoms with van der Waals surface area (Å²) >= 11 is 0. The number of rotatable bonds is 2. The van der Waals surface area contributed by atoms with Crippen molar-refractivity contribution in [3.8, 4) is 0 Å². The highest BCUT2D eigenvalue weighted by molar-refractivity contribution is 5.82. The molecule has 0 spiro atoms. The quantitative estimate of drug-likeness (QED) is 0.618. The molecular weight excluding hydrogens is 150 g/mol. The number of allylic oxidation sites excluding steroid dienone is 2. The third-order valence-corrected chi connectivity index (χ3v) is 3.63. The Morgan fingerprint density at radius 2 is 2.42 bits per heavy atom. The van der Waals surface area contributed by atoms with E-state index in [9.17, 15) is 4.79 Å². The van der Waals surface area contributed by atoms with Crippen LogP contribution in [0.25, 0.3) is 0 Å². The molecule has 1 fully saturated rings. The van der Waals surface area contributed by atoms with Crippen LogP contribution in [0.1, 0.15) is 26.2 Å². The van der Waals surface area contributed by atoms with Crippen LogP contribution in [0, 0.1) is 17.3 Å². The van der Waals surface area contributed by atoms with Crippen molar-refractivity contribution in [2.45, 2.75) is 26.2 Å². The number of carbonyl (C=O) groups excluding carboxylic acids is 1. The number of amides is 1. The fraction of sp³-hybridized carbons (Fsp3) is 0.700. The van der Waals surface area contributed by atoms with Crippen molar-refractivity contribution in [1.82, 2.24) is 0 Å². The molecule has 66 valence electrons. The zero-order valence-electron chi connectivity index (χ0n) is 7.42. The van der Waals surface area contributed by atoms with E-state index in [1.165, 1.54) is 0 Å². The average Bonchev–Trinajstić information content (AvgIpc) is 2.62. The van der Waals surface area contributed by atoms with E-state index in [1.807, 2.05) is 0 Å². The lowest BCUT2D eigenvalue weighted by Gasteiger charge is -2.30. The van der Waals surface area contributed by atoms with Gasteiger partial charge in [0.15, 0.2) is 0 Å². The number of carbonyl (C=O) groups is 1. The molecule has 0 aliphatic heterocycles. The highest BCUT2D eigenvalue weighted by atomic mass is 16.1. The molecule has 2 rings (SSSR count). The second-order valence-corrected chi connectivity index (χ2v) is 4.07. The van der Waals surface area contributed by atoms with Crippen molar-refractivity contribution in [2.75, 3.05) is 0 Å². The Balaban J connectivity index is 2.31. The van der Waals surface area contributed by atoms with Gasteiger partial charge in [-0.05, 0) is 31.1 Å². The molecule has 0 radical (unpaired) electrons. The maximum atomic E-state index is 11.3. The van der Waals surface area contributed by atoms with Gasteiger partial charge in [0.1, 0.15) is 0 Å². The Morgan fingerprint density at radius 3 is 2.67 bits per heavy atom. The summed E-state index contributed by atoms with van der Waals surface area (Å²) in [6.07, 6.45) is 7.45. The van der Waals surface area contributed by atoms with Crippen LogP contribution in [0.4, 0.5) is 0 Å². The number of nitrogens with two attached hydrogens (primary N) is 1. The lowest BCUT2D eigenvalue weighted by molar-refractivity contribution is -0.129. The molecule has 2 aliphatic carbocycles. The summed E-state index contributed by atoms with van der Waals surface area (Å²) < 4.78 is 0. The molecule has 0 aromatic carbocycles. The first-order chi connectivity index (χ1) is 5.69. The predicted octanol–water partition coefficient (Wildman–Crippen LogP) is 1.46. The lowest BCUT2D eigenvalue weighted by atomic mass is 9.73. The Labute approximate surface area is 72.8 Å².